The Bertz CT molecular complexity index is 919. The van der Waals surface area contributed by atoms with Crippen molar-refractivity contribution < 1.29 is 0 Å². The third kappa shape index (κ3) is 4.23. The van der Waals surface area contributed by atoms with Crippen molar-refractivity contribution in [2.24, 2.45) is 10.9 Å². The van der Waals surface area contributed by atoms with Crippen LogP contribution in [-0.4, -0.2) is 12.0 Å². The zero-order chi connectivity index (χ0) is 18.6. The Balaban J connectivity index is 1.49. The Morgan fingerprint density at radius 3 is 2.67 bits per heavy atom. The van der Waals surface area contributed by atoms with Crippen LogP contribution in [0.15, 0.2) is 76.7 Å². The van der Waals surface area contributed by atoms with E-state index < -0.39 is 0 Å². The maximum absolute atomic E-state index is 6.38. The summed E-state index contributed by atoms with van der Waals surface area (Å²) in [5.74, 6) is 1.17. The van der Waals surface area contributed by atoms with E-state index in [4.69, 9.17) is 16.6 Å². The van der Waals surface area contributed by atoms with Gasteiger partial charge in [-0.1, -0.05) is 66.2 Å². The Hall–Kier alpha value is -2.17. The lowest BCUT2D eigenvalue weighted by molar-refractivity contribution is 0.514. The number of aryl methyl sites for hydroxylation is 1. The normalized spacial score (nSPS) is 22.6. The van der Waals surface area contributed by atoms with Crippen LogP contribution in [0.5, 0.6) is 0 Å². The fourth-order valence-electron chi connectivity index (χ4n) is 3.41. The smallest absolute Gasteiger partial charge is 0.202 e. The standard InChI is InChI=1S/C22H22ClN3S/c1-15-7-2-3-9-18(15)14-24-22-25-21-17(10-6-12-20(21)27-26-22)13-16-8-4-5-11-19(16)23/h2-12,17,21H,13-14H2,1H3,(H2,24,25,26). The highest BCUT2D eigenvalue weighted by Gasteiger charge is 2.30. The van der Waals surface area contributed by atoms with E-state index in [0.29, 0.717) is 12.5 Å². The van der Waals surface area contributed by atoms with Crippen LogP contribution in [0.4, 0.5) is 0 Å². The lowest BCUT2D eigenvalue weighted by atomic mass is 9.88. The van der Waals surface area contributed by atoms with Crippen LogP contribution in [0.3, 0.4) is 0 Å². The SMILES string of the molecule is Cc1ccccc1CN=C1NSC2=CC=CC(Cc3ccccc3Cl)C2N1. The number of halogens is 1. The van der Waals surface area contributed by atoms with E-state index in [0.717, 1.165) is 17.4 Å². The molecule has 0 radical (unpaired) electrons. The molecule has 0 saturated carbocycles. The minimum absolute atomic E-state index is 0.216. The molecule has 138 valence electrons. The van der Waals surface area contributed by atoms with Crippen LogP contribution in [0.1, 0.15) is 16.7 Å². The lowest BCUT2D eigenvalue weighted by Gasteiger charge is -2.35. The van der Waals surface area contributed by atoms with E-state index >= 15 is 0 Å². The summed E-state index contributed by atoms with van der Waals surface area (Å²) in [5, 5.41) is 4.42. The topological polar surface area (TPSA) is 36.4 Å². The molecular formula is C22H22ClN3S. The maximum Gasteiger partial charge on any atom is 0.202 e. The predicted octanol–water partition coefficient (Wildman–Crippen LogP) is 5.03. The van der Waals surface area contributed by atoms with Gasteiger partial charge in [0.1, 0.15) is 0 Å². The number of benzene rings is 2. The van der Waals surface area contributed by atoms with Gasteiger partial charge in [0.25, 0.3) is 0 Å². The van der Waals surface area contributed by atoms with Crippen molar-refractivity contribution in [1.29, 1.82) is 0 Å². The fraction of sp³-hybridized carbons (Fsp3) is 0.227. The van der Waals surface area contributed by atoms with Crippen LogP contribution in [-0.2, 0) is 13.0 Å². The quantitative estimate of drug-likeness (QED) is 0.713. The Morgan fingerprint density at radius 2 is 1.85 bits per heavy atom. The molecule has 0 spiro atoms. The van der Waals surface area contributed by atoms with Crippen molar-refractivity contribution in [3.05, 3.63) is 93.4 Å². The van der Waals surface area contributed by atoms with Crippen molar-refractivity contribution in [3.63, 3.8) is 0 Å². The molecule has 1 heterocycles. The molecule has 1 fully saturated rings. The van der Waals surface area contributed by atoms with Crippen LogP contribution in [0, 0.1) is 12.8 Å². The molecule has 2 N–H and O–H groups in total. The van der Waals surface area contributed by atoms with Gasteiger partial charge in [-0.2, -0.15) is 0 Å². The van der Waals surface area contributed by atoms with Gasteiger partial charge in [-0.3, -0.25) is 4.72 Å². The molecule has 2 aliphatic rings. The van der Waals surface area contributed by atoms with E-state index in [2.05, 4.69) is 65.5 Å². The second kappa shape index (κ2) is 8.24. The number of hydrogen-bond donors (Lipinski definition) is 2. The van der Waals surface area contributed by atoms with Gasteiger partial charge in [0.2, 0.25) is 5.96 Å². The highest BCUT2D eigenvalue weighted by atomic mass is 35.5. The predicted molar refractivity (Wildman–Crippen MR) is 116 cm³/mol. The number of nitrogens with zero attached hydrogens (tertiary/aromatic N) is 1. The Labute approximate surface area is 169 Å². The minimum Gasteiger partial charge on any atom is -0.348 e. The van der Waals surface area contributed by atoms with Crippen molar-refractivity contribution in [2.75, 3.05) is 0 Å². The van der Waals surface area contributed by atoms with Gasteiger partial charge in [-0.15, -0.1) is 0 Å². The number of nitrogens with one attached hydrogen (secondary N) is 2. The molecule has 2 unspecified atom stereocenters. The molecule has 2 atom stereocenters. The first-order valence-electron chi connectivity index (χ1n) is 9.11. The third-order valence-electron chi connectivity index (χ3n) is 4.99. The summed E-state index contributed by atoms with van der Waals surface area (Å²) in [5.41, 5.74) is 3.69. The van der Waals surface area contributed by atoms with Crippen molar-refractivity contribution in [1.82, 2.24) is 10.0 Å². The first kappa shape index (κ1) is 18.2. The van der Waals surface area contributed by atoms with Crippen molar-refractivity contribution >= 4 is 29.5 Å². The Morgan fingerprint density at radius 1 is 1.07 bits per heavy atom. The average Bonchev–Trinajstić information content (AvgIpc) is 2.69. The van der Waals surface area contributed by atoms with Crippen LogP contribution in [0.25, 0.3) is 0 Å². The molecule has 0 aromatic heterocycles. The largest absolute Gasteiger partial charge is 0.348 e. The minimum atomic E-state index is 0.216. The van der Waals surface area contributed by atoms with E-state index in [9.17, 15) is 0 Å². The van der Waals surface area contributed by atoms with Crippen molar-refractivity contribution in [3.8, 4) is 0 Å². The second-order valence-corrected chi connectivity index (χ2v) is 8.12. The number of fused-ring (bicyclic) bond motifs is 1. The zero-order valence-corrected chi connectivity index (χ0v) is 16.7. The summed E-state index contributed by atoms with van der Waals surface area (Å²) in [7, 11) is 0. The van der Waals surface area contributed by atoms with Crippen LogP contribution in [0.2, 0.25) is 5.02 Å². The molecular weight excluding hydrogens is 374 g/mol. The van der Waals surface area contributed by atoms with E-state index in [1.54, 1.807) is 11.9 Å². The number of rotatable bonds is 4. The van der Waals surface area contributed by atoms with Gasteiger partial charge < -0.3 is 5.32 Å². The monoisotopic (exact) mass is 395 g/mol. The molecule has 5 heteroatoms. The first-order chi connectivity index (χ1) is 13.2. The van der Waals surface area contributed by atoms with Gasteiger partial charge in [0, 0.05) is 15.8 Å². The summed E-state index contributed by atoms with van der Waals surface area (Å²) in [6.07, 6.45) is 7.46. The lowest BCUT2D eigenvalue weighted by Crippen LogP contribution is -2.50. The number of aliphatic imine (C=N–C) groups is 1. The molecule has 1 aliphatic carbocycles. The van der Waals surface area contributed by atoms with Gasteiger partial charge in [-0.25, -0.2) is 4.99 Å². The molecule has 0 amide bonds. The number of hydrogen-bond acceptors (Lipinski definition) is 2. The highest BCUT2D eigenvalue weighted by Crippen LogP contribution is 2.32. The summed E-state index contributed by atoms with van der Waals surface area (Å²) in [6, 6.07) is 16.7. The Kier molecular flexibility index (Phi) is 5.55. The van der Waals surface area contributed by atoms with Crippen molar-refractivity contribution in [2.45, 2.75) is 25.9 Å². The van der Waals surface area contributed by atoms with Gasteiger partial charge >= 0.3 is 0 Å². The second-order valence-electron chi connectivity index (χ2n) is 6.83. The number of allylic oxidation sites excluding steroid dienone is 2. The van der Waals surface area contributed by atoms with Crippen LogP contribution >= 0.6 is 23.5 Å². The molecule has 1 aliphatic heterocycles. The molecule has 3 nitrogen and oxygen atoms in total. The summed E-state index contributed by atoms with van der Waals surface area (Å²) in [6.45, 7) is 2.79. The highest BCUT2D eigenvalue weighted by molar-refractivity contribution is 8.01. The molecule has 27 heavy (non-hydrogen) atoms. The molecule has 4 rings (SSSR count). The molecule has 2 aromatic carbocycles. The van der Waals surface area contributed by atoms with E-state index in [1.165, 1.54) is 21.6 Å². The summed E-state index contributed by atoms with van der Waals surface area (Å²) < 4.78 is 3.33. The third-order valence-corrected chi connectivity index (χ3v) is 6.28. The molecule has 2 aromatic rings. The maximum atomic E-state index is 6.38. The average molecular weight is 396 g/mol. The van der Waals surface area contributed by atoms with E-state index in [-0.39, 0.29) is 6.04 Å². The summed E-state index contributed by atoms with van der Waals surface area (Å²) in [4.78, 5) is 6.04. The molecule has 1 saturated heterocycles. The van der Waals surface area contributed by atoms with E-state index in [1.807, 2.05) is 18.2 Å². The van der Waals surface area contributed by atoms with Crippen LogP contribution < -0.4 is 10.0 Å². The fourth-order valence-corrected chi connectivity index (χ4v) is 4.47. The number of guanidine groups is 1. The first-order valence-corrected chi connectivity index (χ1v) is 10.3. The van der Waals surface area contributed by atoms with Gasteiger partial charge in [0.05, 0.1) is 12.6 Å². The van der Waals surface area contributed by atoms with Gasteiger partial charge in [-0.05, 0) is 54.1 Å². The zero-order valence-electron chi connectivity index (χ0n) is 15.2. The van der Waals surface area contributed by atoms with Gasteiger partial charge in [0.15, 0.2) is 0 Å². The molecule has 0 bridgehead atoms. The summed E-state index contributed by atoms with van der Waals surface area (Å²) >= 11 is 8.03.